The number of ether oxygens (including phenoxy) is 1. The fraction of sp³-hybridized carbons (Fsp3) is 0.619. The van der Waals surface area contributed by atoms with Crippen molar-refractivity contribution in [3.05, 3.63) is 35.4 Å². The highest BCUT2D eigenvalue weighted by atomic mass is 16.5. The number of rotatable bonds is 8. The number of aliphatic hydroxyl groups is 1. The molecule has 0 aromatic heterocycles. The fourth-order valence-electron chi connectivity index (χ4n) is 4.05. The summed E-state index contributed by atoms with van der Waals surface area (Å²) in [6.07, 6.45) is 1.43. The molecule has 0 bridgehead atoms. The number of hydrogen-bond acceptors (Lipinski definition) is 5. The normalized spacial score (nSPS) is 22.1. The number of β-amino-alcohol motifs (C(OH)–C–C–N with tert-alkyl or cyclic N) is 1. The molecule has 1 aromatic rings. The largest absolute Gasteiger partial charge is 0.391 e. The van der Waals surface area contributed by atoms with Crippen molar-refractivity contribution in [1.29, 1.82) is 0 Å². The zero-order valence-corrected chi connectivity index (χ0v) is 16.6. The van der Waals surface area contributed by atoms with Crippen LogP contribution in [0.15, 0.2) is 24.3 Å². The average molecular weight is 389 g/mol. The molecule has 1 saturated heterocycles. The molecule has 2 amide bonds. The van der Waals surface area contributed by atoms with Crippen LogP contribution in [0.25, 0.3) is 0 Å². The van der Waals surface area contributed by atoms with Crippen LogP contribution in [0.4, 0.5) is 0 Å². The number of aliphatic hydroxyl groups excluding tert-OH is 1. The van der Waals surface area contributed by atoms with Gasteiger partial charge in [0, 0.05) is 45.8 Å². The minimum Gasteiger partial charge on any atom is -0.391 e. The summed E-state index contributed by atoms with van der Waals surface area (Å²) in [5.74, 6) is -0.0615. The highest BCUT2D eigenvalue weighted by Crippen LogP contribution is 2.22. The number of hydrogen-bond donors (Lipinski definition) is 2. The maximum absolute atomic E-state index is 12.3. The first-order valence-corrected chi connectivity index (χ1v) is 10.1. The quantitative estimate of drug-likeness (QED) is 0.690. The number of likely N-dealkylation sites (tertiary alicyclic amines) is 1. The van der Waals surface area contributed by atoms with Crippen LogP contribution < -0.4 is 5.32 Å². The second-order valence-corrected chi connectivity index (χ2v) is 7.78. The van der Waals surface area contributed by atoms with Crippen molar-refractivity contribution in [1.82, 2.24) is 15.1 Å². The van der Waals surface area contributed by atoms with Crippen molar-refractivity contribution in [2.75, 3.05) is 33.4 Å². The molecule has 3 rings (SSSR count). The Kier molecular flexibility index (Phi) is 7.42. The second kappa shape index (κ2) is 10.0. The molecule has 0 radical (unpaired) electrons. The molecular formula is C21H31N3O4. The molecule has 2 aliphatic heterocycles. The highest BCUT2D eigenvalue weighted by Gasteiger charge is 2.29. The summed E-state index contributed by atoms with van der Waals surface area (Å²) in [4.78, 5) is 28.5. The van der Waals surface area contributed by atoms with E-state index in [0.29, 0.717) is 39.0 Å². The Morgan fingerprint density at radius 3 is 2.57 bits per heavy atom. The van der Waals surface area contributed by atoms with Crippen molar-refractivity contribution >= 4 is 11.8 Å². The van der Waals surface area contributed by atoms with Gasteiger partial charge in [0.25, 0.3) is 0 Å². The van der Waals surface area contributed by atoms with Crippen LogP contribution in [0.3, 0.4) is 0 Å². The predicted molar refractivity (Wildman–Crippen MR) is 105 cm³/mol. The monoisotopic (exact) mass is 389 g/mol. The summed E-state index contributed by atoms with van der Waals surface area (Å²) in [7, 11) is 1.56. The molecule has 1 fully saturated rings. The topological polar surface area (TPSA) is 82.1 Å². The third-order valence-corrected chi connectivity index (χ3v) is 5.45. The molecule has 0 unspecified atom stereocenters. The summed E-state index contributed by atoms with van der Waals surface area (Å²) in [5, 5.41) is 13.0. The van der Waals surface area contributed by atoms with E-state index in [0.717, 1.165) is 26.1 Å². The maximum Gasteiger partial charge on any atom is 0.225 e. The van der Waals surface area contributed by atoms with Crippen molar-refractivity contribution in [2.45, 2.75) is 50.9 Å². The zero-order chi connectivity index (χ0) is 19.9. The third kappa shape index (κ3) is 5.77. The van der Waals surface area contributed by atoms with Gasteiger partial charge in [-0.3, -0.25) is 14.5 Å². The van der Waals surface area contributed by atoms with Gasteiger partial charge in [-0.2, -0.15) is 0 Å². The van der Waals surface area contributed by atoms with Crippen LogP contribution in [0.1, 0.15) is 36.8 Å². The van der Waals surface area contributed by atoms with Gasteiger partial charge in [-0.15, -0.1) is 0 Å². The standard InChI is InChI=1S/C21H31N3O4/c1-28-10-8-21(27)24-14-18(11-19(25)15-24)22-20(26)7-4-9-23-12-16-5-2-3-6-17(16)13-23/h2-3,5-6,18-19,25H,4,7-15H2,1H3,(H,22,26)/t18-,19+/m0/s1. The van der Waals surface area contributed by atoms with Crippen LogP contribution in [-0.2, 0) is 27.4 Å². The van der Waals surface area contributed by atoms with Crippen LogP contribution in [0.2, 0.25) is 0 Å². The van der Waals surface area contributed by atoms with Crippen LogP contribution >= 0.6 is 0 Å². The summed E-state index contributed by atoms with van der Waals surface area (Å²) in [5.41, 5.74) is 2.75. The Balaban J connectivity index is 1.37. The smallest absolute Gasteiger partial charge is 0.225 e. The second-order valence-electron chi connectivity index (χ2n) is 7.78. The maximum atomic E-state index is 12.3. The number of fused-ring (bicyclic) bond motifs is 1. The first-order valence-electron chi connectivity index (χ1n) is 10.1. The van der Waals surface area contributed by atoms with E-state index in [2.05, 4.69) is 34.5 Å². The molecule has 1 aromatic carbocycles. The minimum absolute atomic E-state index is 0.0138. The molecule has 2 atom stereocenters. The summed E-state index contributed by atoms with van der Waals surface area (Å²) in [6.45, 7) is 3.92. The molecule has 2 aliphatic rings. The van der Waals surface area contributed by atoms with Crippen LogP contribution in [0, 0.1) is 0 Å². The van der Waals surface area contributed by atoms with Gasteiger partial charge in [0.1, 0.15) is 0 Å². The van der Waals surface area contributed by atoms with E-state index in [1.54, 1.807) is 12.0 Å². The number of carbonyl (C=O) groups is 2. The lowest BCUT2D eigenvalue weighted by Gasteiger charge is -2.36. The number of carbonyl (C=O) groups excluding carboxylic acids is 2. The van der Waals surface area contributed by atoms with E-state index in [4.69, 9.17) is 4.74 Å². The first-order chi connectivity index (χ1) is 13.5. The summed E-state index contributed by atoms with van der Waals surface area (Å²) in [6, 6.07) is 8.26. The molecule has 7 nitrogen and oxygen atoms in total. The Morgan fingerprint density at radius 2 is 1.89 bits per heavy atom. The number of methoxy groups -OCH3 is 1. The van der Waals surface area contributed by atoms with Crippen molar-refractivity contribution < 1.29 is 19.4 Å². The van der Waals surface area contributed by atoms with Gasteiger partial charge in [0.05, 0.1) is 19.1 Å². The fourth-order valence-corrected chi connectivity index (χ4v) is 4.05. The molecule has 154 valence electrons. The number of nitrogens with one attached hydrogen (secondary N) is 1. The lowest BCUT2D eigenvalue weighted by atomic mass is 10.0. The van der Waals surface area contributed by atoms with E-state index in [9.17, 15) is 14.7 Å². The van der Waals surface area contributed by atoms with Gasteiger partial charge in [-0.25, -0.2) is 0 Å². The molecule has 2 N–H and O–H groups in total. The van der Waals surface area contributed by atoms with Crippen molar-refractivity contribution in [3.63, 3.8) is 0 Å². The van der Waals surface area contributed by atoms with E-state index < -0.39 is 6.10 Å². The summed E-state index contributed by atoms with van der Waals surface area (Å²) < 4.78 is 4.94. The molecule has 7 heteroatoms. The predicted octanol–water partition coefficient (Wildman–Crippen LogP) is 0.897. The van der Waals surface area contributed by atoms with E-state index in [-0.39, 0.29) is 17.9 Å². The van der Waals surface area contributed by atoms with E-state index in [1.807, 2.05) is 0 Å². The first kappa shape index (κ1) is 20.8. The van der Waals surface area contributed by atoms with Gasteiger partial charge in [0.2, 0.25) is 11.8 Å². The van der Waals surface area contributed by atoms with Gasteiger partial charge in [-0.05, 0) is 30.5 Å². The number of piperidine rings is 1. The number of amides is 2. The minimum atomic E-state index is -0.603. The molecule has 2 heterocycles. The van der Waals surface area contributed by atoms with E-state index in [1.165, 1.54) is 11.1 Å². The van der Waals surface area contributed by atoms with Gasteiger partial charge in [-0.1, -0.05) is 24.3 Å². The molecule has 0 saturated carbocycles. The number of benzene rings is 1. The van der Waals surface area contributed by atoms with E-state index >= 15 is 0 Å². The van der Waals surface area contributed by atoms with Gasteiger partial charge in [0.15, 0.2) is 0 Å². The lowest BCUT2D eigenvalue weighted by molar-refractivity contribution is -0.137. The zero-order valence-electron chi connectivity index (χ0n) is 16.6. The molecule has 28 heavy (non-hydrogen) atoms. The van der Waals surface area contributed by atoms with Crippen molar-refractivity contribution in [3.8, 4) is 0 Å². The molecule has 0 spiro atoms. The Hall–Kier alpha value is -1.96. The van der Waals surface area contributed by atoms with Crippen LogP contribution in [0.5, 0.6) is 0 Å². The third-order valence-electron chi connectivity index (χ3n) is 5.45. The average Bonchev–Trinajstić information content (AvgIpc) is 3.08. The lowest BCUT2D eigenvalue weighted by Crippen LogP contribution is -2.54. The van der Waals surface area contributed by atoms with Gasteiger partial charge < -0.3 is 20.1 Å². The van der Waals surface area contributed by atoms with Crippen LogP contribution in [-0.4, -0.2) is 72.2 Å². The Morgan fingerprint density at radius 1 is 1.18 bits per heavy atom. The van der Waals surface area contributed by atoms with Gasteiger partial charge >= 0.3 is 0 Å². The number of nitrogens with zero attached hydrogens (tertiary/aromatic N) is 2. The Bertz CT molecular complexity index is 656. The summed E-state index contributed by atoms with van der Waals surface area (Å²) >= 11 is 0. The molecular weight excluding hydrogens is 358 g/mol. The highest BCUT2D eigenvalue weighted by molar-refractivity contribution is 5.78. The SMILES string of the molecule is COCCC(=O)N1C[C@H](O)C[C@H](NC(=O)CCCN2Cc3ccccc3C2)C1. The Labute approximate surface area is 166 Å². The molecule has 0 aliphatic carbocycles. The van der Waals surface area contributed by atoms with Crippen molar-refractivity contribution in [2.24, 2.45) is 0 Å².